The third-order valence-electron chi connectivity index (χ3n) is 2.80. The van der Waals surface area contributed by atoms with E-state index >= 15 is 0 Å². The summed E-state index contributed by atoms with van der Waals surface area (Å²) < 4.78 is 1.81. The third kappa shape index (κ3) is 2.35. The van der Waals surface area contributed by atoms with Crippen LogP contribution in [0.15, 0.2) is 11.4 Å². The van der Waals surface area contributed by atoms with Gasteiger partial charge in [-0.15, -0.1) is 0 Å². The van der Waals surface area contributed by atoms with E-state index in [1.165, 1.54) is 0 Å². The molecule has 0 unspecified atom stereocenters. The topological polar surface area (TPSA) is 73.0 Å². The van der Waals surface area contributed by atoms with Crippen LogP contribution in [0.25, 0.3) is 0 Å². The number of nitrogens with zero attached hydrogens (tertiary/aromatic N) is 3. The summed E-state index contributed by atoms with van der Waals surface area (Å²) in [6, 6.07) is 1.60. The van der Waals surface area contributed by atoms with Crippen molar-refractivity contribution in [1.29, 1.82) is 0 Å². The number of thiophene rings is 1. The fourth-order valence-electron chi connectivity index (χ4n) is 1.77. The van der Waals surface area contributed by atoms with Crippen LogP contribution >= 0.6 is 11.3 Å². The quantitative estimate of drug-likeness (QED) is 0.682. The molecule has 18 heavy (non-hydrogen) atoms. The maximum absolute atomic E-state index is 10.6. The molecular weight excluding hydrogens is 252 g/mol. The van der Waals surface area contributed by atoms with E-state index in [-0.39, 0.29) is 9.92 Å². The first kappa shape index (κ1) is 12.6. The Balaban J connectivity index is 2.09. The number of nitro groups is 1. The van der Waals surface area contributed by atoms with Crippen molar-refractivity contribution in [1.82, 2.24) is 9.78 Å². The zero-order chi connectivity index (χ0) is 13.3. The van der Waals surface area contributed by atoms with E-state index in [0.29, 0.717) is 6.54 Å². The number of hydrogen-bond acceptors (Lipinski definition) is 5. The zero-order valence-corrected chi connectivity index (χ0v) is 11.2. The summed E-state index contributed by atoms with van der Waals surface area (Å²) in [6.45, 7) is 4.49. The molecule has 0 aliphatic heterocycles. The highest BCUT2D eigenvalue weighted by Gasteiger charge is 2.12. The van der Waals surface area contributed by atoms with Crippen molar-refractivity contribution >= 4 is 22.0 Å². The van der Waals surface area contributed by atoms with Gasteiger partial charge < -0.3 is 5.32 Å². The molecule has 2 rings (SSSR count). The molecule has 0 aliphatic rings. The molecule has 0 saturated heterocycles. The molecule has 0 atom stereocenters. The predicted molar refractivity (Wildman–Crippen MR) is 71.0 cm³/mol. The van der Waals surface area contributed by atoms with Gasteiger partial charge in [-0.1, -0.05) is 11.3 Å². The Morgan fingerprint density at radius 1 is 1.56 bits per heavy atom. The van der Waals surface area contributed by atoms with Crippen LogP contribution < -0.4 is 5.32 Å². The summed E-state index contributed by atoms with van der Waals surface area (Å²) in [5.41, 5.74) is 3.89. The van der Waals surface area contributed by atoms with E-state index in [2.05, 4.69) is 10.4 Å². The van der Waals surface area contributed by atoms with Gasteiger partial charge in [0.15, 0.2) is 0 Å². The van der Waals surface area contributed by atoms with Crippen LogP contribution in [0, 0.1) is 24.0 Å². The molecule has 2 aromatic heterocycles. The molecule has 1 N–H and O–H groups in total. The Labute approximate surface area is 108 Å². The third-order valence-corrected chi connectivity index (χ3v) is 3.73. The van der Waals surface area contributed by atoms with Crippen LogP contribution in [-0.2, 0) is 13.6 Å². The van der Waals surface area contributed by atoms with Crippen molar-refractivity contribution in [3.05, 3.63) is 38.5 Å². The SMILES string of the molecule is Cc1nn(C)c(C)c1NCc1csc([N+](=O)[O-])c1. The standard InChI is InChI=1S/C11H14N4O2S/c1-7-11(8(2)14(3)13-7)12-5-9-4-10(15(16)17)18-6-9/h4,6,12H,5H2,1-3H3. The molecular formula is C11H14N4O2S. The van der Waals surface area contributed by atoms with Crippen LogP contribution in [0.3, 0.4) is 0 Å². The van der Waals surface area contributed by atoms with Crippen molar-refractivity contribution in [3.8, 4) is 0 Å². The summed E-state index contributed by atoms with van der Waals surface area (Å²) in [5.74, 6) is 0. The Bertz CT molecular complexity index is 588. The molecule has 2 heterocycles. The molecule has 0 saturated carbocycles. The van der Waals surface area contributed by atoms with E-state index in [1.807, 2.05) is 25.6 Å². The summed E-state index contributed by atoms with van der Waals surface area (Å²) >= 11 is 1.15. The molecule has 0 amide bonds. The number of nitrogens with one attached hydrogen (secondary N) is 1. The molecule has 0 bridgehead atoms. The summed E-state index contributed by atoms with van der Waals surface area (Å²) in [5, 5.41) is 20.1. The second-order valence-corrected chi connectivity index (χ2v) is 4.96. The van der Waals surface area contributed by atoms with Crippen LogP contribution in [0.4, 0.5) is 10.7 Å². The molecule has 0 aromatic carbocycles. The number of aryl methyl sites for hydroxylation is 2. The Kier molecular flexibility index (Phi) is 3.33. The molecule has 96 valence electrons. The van der Waals surface area contributed by atoms with Crippen molar-refractivity contribution in [2.24, 2.45) is 7.05 Å². The number of hydrogen-bond donors (Lipinski definition) is 1. The molecule has 0 aliphatic carbocycles. The fraction of sp³-hybridized carbons (Fsp3) is 0.364. The minimum Gasteiger partial charge on any atom is -0.378 e. The monoisotopic (exact) mass is 266 g/mol. The van der Waals surface area contributed by atoms with E-state index in [4.69, 9.17) is 0 Å². The number of rotatable bonds is 4. The van der Waals surface area contributed by atoms with Crippen molar-refractivity contribution in [3.63, 3.8) is 0 Å². The average molecular weight is 266 g/mol. The lowest BCUT2D eigenvalue weighted by atomic mass is 10.3. The van der Waals surface area contributed by atoms with E-state index in [9.17, 15) is 10.1 Å². The van der Waals surface area contributed by atoms with Crippen LogP contribution in [0.5, 0.6) is 0 Å². The van der Waals surface area contributed by atoms with Crippen molar-refractivity contribution in [2.45, 2.75) is 20.4 Å². The molecule has 0 radical (unpaired) electrons. The minimum absolute atomic E-state index is 0.173. The second kappa shape index (κ2) is 4.77. The lowest BCUT2D eigenvalue weighted by molar-refractivity contribution is -0.380. The van der Waals surface area contributed by atoms with Gasteiger partial charge in [0.05, 0.1) is 22.0 Å². The Morgan fingerprint density at radius 3 is 2.78 bits per heavy atom. The van der Waals surface area contributed by atoms with Crippen LogP contribution in [0.1, 0.15) is 17.0 Å². The van der Waals surface area contributed by atoms with Gasteiger partial charge >= 0.3 is 5.00 Å². The highest BCUT2D eigenvalue weighted by Crippen LogP contribution is 2.24. The van der Waals surface area contributed by atoms with E-state index in [0.717, 1.165) is 34.0 Å². The van der Waals surface area contributed by atoms with E-state index < -0.39 is 0 Å². The van der Waals surface area contributed by atoms with E-state index in [1.54, 1.807) is 11.4 Å². The lowest BCUT2D eigenvalue weighted by Crippen LogP contribution is -2.00. The molecule has 2 aromatic rings. The first-order valence-electron chi connectivity index (χ1n) is 5.45. The highest BCUT2D eigenvalue weighted by molar-refractivity contribution is 7.13. The lowest BCUT2D eigenvalue weighted by Gasteiger charge is -2.04. The molecule has 0 fully saturated rings. The zero-order valence-electron chi connectivity index (χ0n) is 10.4. The van der Waals surface area contributed by atoms with Crippen LogP contribution in [-0.4, -0.2) is 14.7 Å². The Hall–Kier alpha value is -1.89. The van der Waals surface area contributed by atoms with Gasteiger partial charge in [-0.2, -0.15) is 5.10 Å². The maximum Gasteiger partial charge on any atom is 0.324 e. The maximum atomic E-state index is 10.6. The van der Waals surface area contributed by atoms with Gasteiger partial charge in [-0.05, 0) is 19.4 Å². The van der Waals surface area contributed by atoms with Gasteiger partial charge in [-0.3, -0.25) is 14.8 Å². The van der Waals surface area contributed by atoms with Gasteiger partial charge in [0, 0.05) is 25.0 Å². The molecule has 0 spiro atoms. The smallest absolute Gasteiger partial charge is 0.324 e. The summed E-state index contributed by atoms with van der Waals surface area (Å²) in [4.78, 5) is 10.2. The minimum atomic E-state index is -0.366. The Morgan fingerprint density at radius 2 is 2.28 bits per heavy atom. The number of anilines is 1. The normalized spacial score (nSPS) is 10.6. The van der Waals surface area contributed by atoms with Crippen molar-refractivity contribution < 1.29 is 4.92 Å². The summed E-state index contributed by atoms with van der Waals surface area (Å²) in [6.07, 6.45) is 0. The second-order valence-electron chi connectivity index (χ2n) is 4.07. The largest absolute Gasteiger partial charge is 0.378 e. The van der Waals surface area contributed by atoms with Gasteiger partial charge in [0.2, 0.25) is 0 Å². The average Bonchev–Trinajstić information content (AvgIpc) is 2.85. The van der Waals surface area contributed by atoms with Crippen LogP contribution in [0.2, 0.25) is 0 Å². The summed E-state index contributed by atoms with van der Waals surface area (Å²) in [7, 11) is 1.89. The van der Waals surface area contributed by atoms with Crippen molar-refractivity contribution in [2.75, 3.05) is 5.32 Å². The fourth-order valence-corrected chi connectivity index (χ4v) is 2.50. The predicted octanol–water partition coefficient (Wildman–Crippen LogP) is 2.62. The first-order valence-corrected chi connectivity index (χ1v) is 6.33. The number of aromatic nitrogens is 2. The first-order chi connectivity index (χ1) is 8.49. The van der Waals surface area contributed by atoms with Gasteiger partial charge in [-0.25, -0.2) is 0 Å². The highest BCUT2D eigenvalue weighted by atomic mass is 32.1. The molecule has 6 nitrogen and oxygen atoms in total. The van der Waals surface area contributed by atoms with Gasteiger partial charge in [0.25, 0.3) is 0 Å². The van der Waals surface area contributed by atoms with Gasteiger partial charge in [0.1, 0.15) is 0 Å². The molecule has 7 heteroatoms.